The Morgan fingerprint density at radius 1 is 1.35 bits per heavy atom. The number of sulfone groups is 1. The molecule has 9 heteroatoms. The molecule has 110 valence electrons. The zero-order chi connectivity index (χ0) is 15.2. The van der Waals surface area contributed by atoms with E-state index in [4.69, 9.17) is 10.8 Å². The summed E-state index contributed by atoms with van der Waals surface area (Å²) >= 11 is 1.21. The van der Waals surface area contributed by atoms with Crippen LogP contribution in [0.1, 0.15) is 16.9 Å². The van der Waals surface area contributed by atoms with Gasteiger partial charge in [-0.1, -0.05) is 0 Å². The standard InChI is InChI=1S/C11H14N2O5S2/c12-10(14)2-5-20(17,18)6-4-19-8-1-3-13-9(7-8)11(15)16/h1,3,7H,2,4-6H2,(H2,12,14)(H,15,16). The van der Waals surface area contributed by atoms with Crippen molar-refractivity contribution in [2.45, 2.75) is 11.3 Å². The number of carbonyl (C=O) groups excluding carboxylic acids is 1. The van der Waals surface area contributed by atoms with Crippen LogP contribution in [0.25, 0.3) is 0 Å². The molecule has 0 aliphatic heterocycles. The Morgan fingerprint density at radius 3 is 2.65 bits per heavy atom. The van der Waals surface area contributed by atoms with Crippen LogP contribution in [0, 0.1) is 0 Å². The lowest BCUT2D eigenvalue weighted by atomic mass is 10.4. The molecule has 0 spiro atoms. The second-order valence-electron chi connectivity index (χ2n) is 3.90. The molecule has 1 aromatic rings. The van der Waals surface area contributed by atoms with Crippen molar-refractivity contribution in [3.63, 3.8) is 0 Å². The highest BCUT2D eigenvalue weighted by Crippen LogP contribution is 2.18. The van der Waals surface area contributed by atoms with Crippen LogP contribution in [0.2, 0.25) is 0 Å². The zero-order valence-electron chi connectivity index (χ0n) is 10.5. The molecule has 7 nitrogen and oxygen atoms in total. The normalized spacial score (nSPS) is 11.2. The number of carboxylic acid groups (broad SMARTS) is 1. The van der Waals surface area contributed by atoms with Gasteiger partial charge in [-0.25, -0.2) is 18.2 Å². The largest absolute Gasteiger partial charge is 0.477 e. The maximum absolute atomic E-state index is 11.6. The quantitative estimate of drug-likeness (QED) is 0.653. The van der Waals surface area contributed by atoms with E-state index < -0.39 is 21.7 Å². The number of nitrogens with zero attached hydrogens (tertiary/aromatic N) is 1. The fourth-order valence-electron chi connectivity index (χ4n) is 1.26. The summed E-state index contributed by atoms with van der Waals surface area (Å²) in [7, 11) is -3.33. The maximum Gasteiger partial charge on any atom is 0.354 e. The van der Waals surface area contributed by atoms with E-state index in [1.807, 2.05) is 0 Å². The minimum Gasteiger partial charge on any atom is -0.477 e. The van der Waals surface area contributed by atoms with Crippen molar-refractivity contribution in [1.82, 2.24) is 4.98 Å². The molecule has 1 aromatic heterocycles. The van der Waals surface area contributed by atoms with Crippen LogP contribution in [0.4, 0.5) is 0 Å². The van der Waals surface area contributed by atoms with Crippen LogP contribution in [0.15, 0.2) is 23.2 Å². The van der Waals surface area contributed by atoms with Gasteiger partial charge in [-0.3, -0.25) is 4.79 Å². The minimum atomic E-state index is -3.33. The Bertz CT molecular complexity index is 601. The van der Waals surface area contributed by atoms with E-state index >= 15 is 0 Å². The number of nitrogens with two attached hydrogens (primary N) is 1. The van der Waals surface area contributed by atoms with Gasteiger partial charge in [0.05, 0.1) is 11.5 Å². The van der Waals surface area contributed by atoms with Crippen LogP contribution in [-0.2, 0) is 14.6 Å². The number of aromatic carboxylic acids is 1. The molecular weight excluding hydrogens is 304 g/mol. The summed E-state index contributed by atoms with van der Waals surface area (Å²) < 4.78 is 23.1. The number of primary amides is 1. The van der Waals surface area contributed by atoms with Gasteiger partial charge in [0.2, 0.25) is 5.91 Å². The third kappa shape index (κ3) is 6.02. The van der Waals surface area contributed by atoms with E-state index in [0.29, 0.717) is 4.90 Å². The van der Waals surface area contributed by atoms with Gasteiger partial charge in [0.25, 0.3) is 0 Å². The van der Waals surface area contributed by atoms with Gasteiger partial charge in [0.15, 0.2) is 9.84 Å². The summed E-state index contributed by atoms with van der Waals surface area (Å²) in [5, 5.41) is 8.77. The van der Waals surface area contributed by atoms with Crippen molar-refractivity contribution in [3.8, 4) is 0 Å². The van der Waals surface area contributed by atoms with Crippen molar-refractivity contribution >= 4 is 33.5 Å². The lowest BCUT2D eigenvalue weighted by Gasteiger charge is -2.04. The summed E-state index contributed by atoms with van der Waals surface area (Å²) in [5.74, 6) is -1.89. The van der Waals surface area contributed by atoms with Crippen LogP contribution in [0.5, 0.6) is 0 Å². The maximum atomic E-state index is 11.6. The number of carbonyl (C=O) groups is 2. The number of aromatic nitrogens is 1. The predicted octanol–water partition coefficient (Wildman–Crippen LogP) is 0.162. The average molecular weight is 318 g/mol. The number of thioether (sulfide) groups is 1. The number of hydrogen-bond acceptors (Lipinski definition) is 6. The highest BCUT2D eigenvalue weighted by Gasteiger charge is 2.13. The molecule has 0 fully saturated rings. The summed E-state index contributed by atoms with van der Waals surface area (Å²) in [4.78, 5) is 25.5. The zero-order valence-corrected chi connectivity index (χ0v) is 12.1. The lowest BCUT2D eigenvalue weighted by molar-refractivity contribution is -0.117. The summed E-state index contributed by atoms with van der Waals surface area (Å²) in [6.45, 7) is 0. The molecule has 0 saturated carbocycles. The molecule has 3 N–H and O–H groups in total. The monoisotopic (exact) mass is 318 g/mol. The summed E-state index contributed by atoms with van der Waals surface area (Å²) in [6, 6.07) is 2.98. The van der Waals surface area contributed by atoms with Crippen molar-refractivity contribution in [1.29, 1.82) is 0 Å². The average Bonchev–Trinajstić information content (AvgIpc) is 2.37. The Hall–Kier alpha value is -1.61. The van der Waals surface area contributed by atoms with E-state index in [9.17, 15) is 18.0 Å². The molecule has 1 rings (SSSR count). The molecule has 0 aromatic carbocycles. The topological polar surface area (TPSA) is 127 Å². The predicted molar refractivity (Wildman–Crippen MR) is 74.4 cm³/mol. The van der Waals surface area contributed by atoms with Gasteiger partial charge in [0.1, 0.15) is 5.69 Å². The highest BCUT2D eigenvalue weighted by molar-refractivity contribution is 8.00. The molecule has 0 bridgehead atoms. The molecule has 0 radical (unpaired) electrons. The van der Waals surface area contributed by atoms with Crippen molar-refractivity contribution in [2.24, 2.45) is 5.73 Å². The van der Waals surface area contributed by atoms with E-state index in [1.165, 1.54) is 24.0 Å². The molecule has 1 amide bonds. The summed E-state index contributed by atoms with van der Waals surface area (Å²) in [5.41, 5.74) is 4.80. The van der Waals surface area contributed by atoms with E-state index in [-0.39, 0.29) is 29.4 Å². The first-order chi connectivity index (χ1) is 9.30. The molecule has 0 saturated heterocycles. The van der Waals surface area contributed by atoms with Crippen molar-refractivity contribution < 1.29 is 23.1 Å². The fraction of sp³-hybridized carbons (Fsp3) is 0.364. The molecular formula is C11H14N2O5S2. The molecule has 0 aliphatic rings. The van der Waals surface area contributed by atoms with Crippen LogP contribution < -0.4 is 5.73 Å². The Labute approximate surface area is 120 Å². The Morgan fingerprint density at radius 2 is 2.05 bits per heavy atom. The lowest BCUT2D eigenvalue weighted by Crippen LogP contribution is -2.19. The summed E-state index contributed by atoms with van der Waals surface area (Å²) in [6.07, 6.45) is 1.17. The van der Waals surface area contributed by atoms with Gasteiger partial charge < -0.3 is 10.8 Å². The smallest absolute Gasteiger partial charge is 0.354 e. The minimum absolute atomic E-state index is 0.0911. The number of amides is 1. The molecule has 0 aliphatic carbocycles. The van der Waals surface area contributed by atoms with Crippen LogP contribution in [-0.4, -0.2) is 47.6 Å². The molecule has 0 atom stereocenters. The first-order valence-corrected chi connectivity index (χ1v) is 8.42. The second-order valence-corrected chi connectivity index (χ2v) is 7.37. The SMILES string of the molecule is NC(=O)CCS(=O)(=O)CCSc1ccnc(C(=O)O)c1. The van der Waals surface area contributed by atoms with E-state index in [2.05, 4.69) is 4.98 Å². The van der Waals surface area contributed by atoms with Crippen molar-refractivity contribution in [2.75, 3.05) is 17.3 Å². The first kappa shape index (κ1) is 16.4. The van der Waals surface area contributed by atoms with Gasteiger partial charge in [-0.2, -0.15) is 0 Å². The van der Waals surface area contributed by atoms with Gasteiger partial charge in [-0.05, 0) is 12.1 Å². The van der Waals surface area contributed by atoms with Gasteiger partial charge >= 0.3 is 5.97 Å². The molecule has 0 unspecified atom stereocenters. The van der Waals surface area contributed by atoms with Crippen molar-refractivity contribution in [3.05, 3.63) is 24.0 Å². The number of pyridine rings is 1. The van der Waals surface area contributed by atoms with Gasteiger partial charge in [-0.15, -0.1) is 11.8 Å². The number of hydrogen-bond donors (Lipinski definition) is 2. The van der Waals surface area contributed by atoms with E-state index in [0.717, 1.165) is 0 Å². The van der Waals surface area contributed by atoms with Crippen LogP contribution in [0.3, 0.4) is 0 Å². The van der Waals surface area contributed by atoms with E-state index in [1.54, 1.807) is 6.07 Å². The Balaban J connectivity index is 2.50. The molecule has 1 heterocycles. The second kappa shape index (κ2) is 7.25. The van der Waals surface area contributed by atoms with Crippen LogP contribution >= 0.6 is 11.8 Å². The molecule has 20 heavy (non-hydrogen) atoms. The third-order valence-electron chi connectivity index (χ3n) is 2.27. The third-order valence-corrected chi connectivity index (χ3v) is 5.18. The number of rotatable bonds is 8. The highest BCUT2D eigenvalue weighted by atomic mass is 32.2. The fourth-order valence-corrected chi connectivity index (χ4v) is 3.92. The Kier molecular flexibility index (Phi) is 5.96. The first-order valence-electron chi connectivity index (χ1n) is 5.61. The van der Waals surface area contributed by atoms with Gasteiger partial charge in [0, 0.05) is 23.3 Å². The number of carboxylic acids is 1.